The summed E-state index contributed by atoms with van der Waals surface area (Å²) in [6.45, 7) is 9.83. The maximum Gasteiger partial charge on any atom is 0.310 e. The number of hydrogen-bond donors (Lipinski definition) is 0. The Kier molecular flexibility index (Phi) is 8.86. The van der Waals surface area contributed by atoms with Gasteiger partial charge in [0.2, 0.25) is 5.91 Å². The molecule has 0 saturated carbocycles. The van der Waals surface area contributed by atoms with Gasteiger partial charge in [0.15, 0.2) is 0 Å². The molecular formula is C25H37N3O5. The lowest BCUT2D eigenvalue weighted by molar-refractivity contribution is -0.151. The molecule has 8 heteroatoms. The van der Waals surface area contributed by atoms with Crippen molar-refractivity contribution in [3.8, 4) is 0 Å². The number of nitrogens with zero attached hydrogens (tertiary/aromatic N) is 3. The molecule has 0 spiro atoms. The van der Waals surface area contributed by atoms with Crippen molar-refractivity contribution in [1.82, 2.24) is 14.7 Å². The summed E-state index contributed by atoms with van der Waals surface area (Å²) in [5.41, 5.74) is 1.70. The zero-order valence-electron chi connectivity index (χ0n) is 20.3. The molecule has 2 saturated heterocycles. The number of carbonyl (C=O) groups excluding carboxylic acids is 3. The van der Waals surface area contributed by atoms with Crippen LogP contribution in [0, 0.1) is 5.92 Å². The van der Waals surface area contributed by atoms with Crippen LogP contribution in [0.4, 0.5) is 0 Å². The van der Waals surface area contributed by atoms with E-state index in [2.05, 4.69) is 18.7 Å². The Morgan fingerprint density at radius 1 is 1.09 bits per heavy atom. The number of rotatable bonds is 7. The molecule has 3 rings (SSSR count). The highest BCUT2D eigenvalue weighted by Crippen LogP contribution is 2.19. The van der Waals surface area contributed by atoms with Gasteiger partial charge in [0.05, 0.1) is 31.3 Å². The van der Waals surface area contributed by atoms with Crippen LogP contribution in [0.3, 0.4) is 0 Å². The van der Waals surface area contributed by atoms with Crippen LogP contribution in [-0.4, -0.2) is 91.1 Å². The average Bonchev–Trinajstić information content (AvgIpc) is 2.78. The number of likely N-dealkylation sites (N-methyl/N-ethyl adjacent to an activating group) is 1. The zero-order valence-corrected chi connectivity index (χ0v) is 20.3. The van der Waals surface area contributed by atoms with Crippen LogP contribution in [0.5, 0.6) is 0 Å². The lowest BCUT2D eigenvalue weighted by Gasteiger charge is -2.35. The maximum absolute atomic E-state index is 12.9. The third-order valence-corrected chi connectivity index (χ3v) is 6.22. The molecule has 182 valence electrons. The minimum atomic E-state index is -0.284. The molecule has 0 N–H and O–H groups in total. The third-order valence-electron chi connectivity index (χ3n) is 6.22. The van der Waals surface area contributed by atoms with E-state index in [4.69, 9.17) is 9.47 Å². The second-order valence-corrected chi connectivity index (χ2v) is 9.24. The van der Waals surface area contributed by atoms with Gasteiger partial charge in [-0.1, -0.05) is 12.1 Å². The lowest BCUT2D eigenvalue weighted by Crippen LogP contribution is -2.47. The van der Waals surface area contributed by atoms with E-state index in [1.807, 2.05) is 24.3 Å². The minimum absolute atomic E-state index is 0.0142. The van der Waals surface area contributed by atoms with Crippen LogP contribution in [0.25, 0.3) is 0 Å². The highest BCUT2D eigenvalue weighted by Gasteiger charge is 2.30. The molecule has 2 heterocycles. The number of hydrogen-bond acceptors (Lipinski definition) is 6. The van der Waals surface area contributed by atoms with Gasteiger partial charge in [-0.15, -0.1) is 0 Å². The molecule has 1 aromatic carbocycles. The normalized spacial score (nSPS) is 23.8. The Balaban J connectivity index is 1.52. The summed E-state index contributed by atoms with van der Waals surface area (Å²) in [6.07, 6.45) is 1.92. The number of piperidine rings is 1. The van der Waals surface area contributed by atoms with Crippen LogP contribution in [0.2, 0.25) is 0 Å². The van der Waals surface area contributed by atoms with E-state index in [0.717, 1.165) is 38.0 Å². The van der Waals surface area contributed by atoms with Gasteiger partial charge in [0.1, 0.15) is 0 Å². The molecule has 0 radical (unpaired) electrons. The standard InChI is InChI=1S/C25H37N3O5/c1-5-32-25(31)22-7-6-12-28(16-22)23(29)17-26(4)24(30)21-10-8-20(9-11-21)15-27-13-18(2)33-19(3)14-27/h8-11,18-19,22H,5-7,12-17H2,1-4H3. The number of benzene rings is 1. The van der Waals surface area contributed by atoms with Gasteiger partial charge in [0.25, 0.3) is 5.91 Å². The van der Waals surface area contributed by atoms with Crippen molar-refractivity contribution in [1.29, 1.82) is 0 Å². The number of ether oxygens (including phenoxy) is 2. The first-order valence-electron chi connectivity index (χ1n) is 11.9. The van der Waals surface area contributed by atoms with Gasteiger partial charge >= 0.3 is 5.97 Å². The molecule has 2 aliphatic rings. The first kappa shape index (κ1) is 25.2. The number of esters is 1. The van der Waals surface area contributed by atoms with Gasteiger partial charge in [-0.05, 0) is 51.3 Å². The Hall–Kier alpha value is -2.45. The van der Waals surface area contributed by atoms with Crippen molar-refractivity contribution >= 4 is 17.8 Å². The number of carbonyl (C=O) groups is 3. The van der Waals surface area contributed by atoms with Crippen molar-refractivity contribution in [2.75, 3.05) is 46.4 Å². The Morgan fingerprint density at radius 3 is 2.39 bits per heavy atom. The quantitative estimate of drug-likeness (QED) is 0.582. The van der Waals surface area contributed by atoms with E-state index in [0.29, 0.717) is 25.3 Å². The smallest absolute Gasteiger partial charge is 0.310 e. The van der Waals surface area contributed by atoms with Crippen LogP contribution >= 0.6 is 0 Å². The summed E-state index contributed by atoms with van der Waals surface area (Å²) in [7, 11) is 1.64. The van der Waals surface area contributed by atoms with E-state index >= 15 is 0 Å². The van der Waals surface area contributed by atoms with Gasteiger partial charge in [0, 0.05) is 45.3 Å². The van der Waals surface area contributed by atoms with E-state index in [9.17, 15) is 14.4 Å². The molecule has 0 aliphatic carbocycles. The summed E-state index contributed by atoms with van der Waals surface area (Å²) in [4.78, 5) is 43.1. The van der Waals surface area contributed by atoms with Crippen molar-refractivity contribution in [3.63, 3.8) is 0 Å². The Bertz CT molecular complexity index is 818. The summed E-state index contributed by atoms with van der Waals surface area (Å²) in [5.74, 6) is -0.872. The summed E-state index contributed by atoms with van der Waals surface area (Å²) < 4.78 is 10.9. The lowest BCUT2D eigenvalue weighted by atomic mass is 9.98. The molecule has 2 amide bonds. The van der Waals surface area contributed by atoms with Crippen molar-refractivity contribution in [2.24, 2.45) is 5.92 Å². The second kappa shape index (κ2) is 11.6. The highest BCUT2D eigenvalue weighted by atomic mass is 16.5. The van der Waals surface area contributed by atoms with E-state index in [-0.39, 0.29) is 42.5 Å². The first-order chi connectivity index (χ1) is 15.8. The topological polar surface area (TPSA) is 79.4 Å². The average molecular weight is 460 g/mol. The number of amides is 2. The van der Waals surface area contributed by atoms with E-state index in [1.165, 1.54) is 4.90 Å². The second-order valence-electron chi connectivity index (χ2n) is 9.24. The molecule has 8 nitrogen and oxygen atoms in total. The van der Waals surface area contributed by atoms with Crippen LogP contribution in [-0.2, 0) is 25.6 Å². The molecule has 2 fully saturated rings. The fourth-order valence-corrected chi connectivity index (χ4v) is 4.68. The molecule has 33 heavy (non-hydrogen) atoms. The largest absolute Gasteiger partial charge is 0.466 e. The number of likely N-dealkylation sites (tertiary alicyclic amines) is 1. The van der Waals surface area contributed by atoms with Crippen LogP contribution in [0.1, 0.15) is 49.5 Å². The number of morpholine rings is 1. The molecule has 0 bridgehead atoms. The SMILES string of the molecule is CCOC(=O)C1CCCN(C(=O)CN(C)C(=O)c2ccc(CN3CC(C)OC(C)C3)cc2)C1. The Labute approximate surface area is 196 Å². The predicted octanol–water partition coefficient (Wildman–Crippen LogP) is 2.17. The fourth-order valence-electron chi connectivity index (χ4n) is 4.68. The van der Waals surface area contributed by atoms with Gasteiger partial charge < -0.3 is 19.3 Å². The molecule has 1 aromatic rings. The minimum Gasteiger partial charge on any atom is -0.466 e. The van der Waals surface area contributed by atoms with Crippen molar-refractivity contribution < 1.29 is 23.9 Å². The monoisotopic (exact) mass is 459 g/mol. The van der Waals surface area contributed by atoms with E-state index in [1.54, 1.807) is 18.9 Å². The highest BCUT2D eigenvalue weighted by molar-refractivity contribution is 5.96. The summed E-state index contributed by atoms with van der Waals surface area (Å²) in [6, 6.07) is 7.60. The van der Waals surface area contributed by atoms with Crippen LogP contribution < -0.4 is 0 Å². The maximum atomic E-state index is 12.9. The summed E-state index contributed by atoms with van der Waals surface area (Å²) in [5, 5.41) is 0. The van der Waals surface area contributed by atoms with E-state index < -0.39 is 0 Å². The Morgan fingerprint density at radius 2 is 1.76 bits per heavy atom. The predicted molar refractivity (Wildman–Crippen MR) is 125 cm³/mol. The van der Waals surface area contributed by atoms with Crippen molar-refractivity contribution in [2.45, 2.75) is 52.4 Å². The van der Waals surface area contributed by atoms with Gasteiger partial charge in [-0.3, -0.25) is 19.3 Å². The summed E-state index contributed by atoms with van der Waals surface area (Å²) >= 11 is 0. The third kappa shape index (κ3) is 7.01. The molecule has 0 aromatic heterocycles. The van der Waals surface area contributed by atoms with Gasteiger partial charge in [-0.2, -0.15) is 0 Å². The molecule has 2 aliphatic heterocycles. The molecule has 3 atom stereocenters. The molecule has 3 unspecified atom stereocenters. The fraction of sp³-hybridized carbons (Fsp3) is 0.640. The van der Waals surface area contributed by atoms with Gasteiger partial charge in [-0.25, -0.2) is 0 Å². The first-order valence-corrected chi connectivity index (χ1v) is 11.9. The van der Waals surface area contributed by atoms with Crippen molar-refractivity contribution in [3.05, 3.63) is 35.4 Å². The zero-order chi connectivity index (χ0) is 24.0. The van der Waals surface area contributed by atoms with Crippen LogP contribution in [0.15, 0.2) is 24.3 Å². The molecular weight excluding hydrogens is 422 g/mol.